The van der Waals surface area contributed by atoms with E-state index >= 15 is 0 Å². The third kappa shape index (κ3) is 7.33. The van der Waals surface area contributed by atoms with Crippen LogP contribution in [0.25, 0.3) is 0 Å². The third-order valence-corrected chi connectivity index (χ3v) is 8.43. The molecule has 0 aromatic heterocycles. The zero-order chi connectivity index (χ0) is 27.2. The molecule has 2 aromatic carbocycles. The molecule has 8 heteroatoms. The molecule has 2 aliphatic rings. The van der Waals surface area contributed by atoms with Crippen LogP contribution < -0.4 is 4.90 Å². The van der Waals surface area contributed by atoms with Gasteiger partial charge in [-0.2, -0.15) is 0 Å². The number of carbonyl (C=O) groups is 2. The van der Waals surface area contributed by atoms with E-state index in [1.165, 1.54) is 12.1 Å². The van der Waals surface area contributed by atoms with Gasteiger partial charge in [-0.05, 0) is 68.5 Å². The summed E-state index contributed by atoms with van der Waals surface area (Å²) in [6, 6.07) is 13.0. The standard InChI is InChI=1S/C30H40ClFN4O2/c1-22-5-10-28(19-29(22)31)36(30(38)26-11-15-35(16-12-26)24(3)37)14-4-13-34-18-17-33(20-23(34)2)21-25-6-8-27(32)9-7-25/h5-10,19,23,26H,4,11-18,20-21H2,1-3H3/t23-/m1/s1. The molecule has 6 nitrogen and oxygen atoms in total. The number of amides is 2. The Hall–Kier alpha value is -2.48. The zero-order valence-electron chi connectivity index (χ0n) is 22.8. The quantitative estimate of drug-likeness (QED) is 0.472. The van der Waals surface area contributed by atoms with Crippen LogP contribution in [-0.2, 0) is 16.1 Å². The van der Waals surface area contributed by atoms with Crippen LogP contribution in [0.5, 0.6) is 0 Å². The highest BCUT2D eigenvalue weighted by molar-refractivity contribution is 6.31. The first-order chi connectivity index (χ1) is 18.2. The smallest absolute Gasteiger partial charge is 0.230 e. The van der Waals surface area contributed by atoms with Gasteiger partial charge in [-0.3, -0.25) is 19.4 Å². The van der Waals surface area contributed by atoms with Crippen LogP contribution in [0, 0.1) is 18.7 Å². The molecule has 206 valence electrons. The summed E-state index contributed by atoms with van der Waals surface area (Å²) in [4.78, 5) is 34.1. The van der Waals surface area contributed by atoms with Crippen molar-refractivity contribution in [1.29, 1.82) is 0 Å². The highest BCUT2D eigenvalue weighted by Gasteiger charge is 2.31. The maximum absolute atomic E-state index is 13.7. The van der Waals surface area contributed by atoms with E-state index in [1.807, 2.05) is 47.1 Å². The van der Waals surface area contributed by atoms with Gasteiger partial charge in [0.25, 0.3) is 0 Å². The molecule has 2 fully saturated rings. The monoisotopic (exact) mass is 542 g/mol. The predicted molar refractivity (Wildman–Crippen MR) is 151 cm³/mol. The maximum atomic E-state index is 13.7. The van der Waals surface area contributed by atoms with Gasteiger partial charge < -0.3 is 9.80 Å². The van der Waals surface area contributed by atoms with Gasteiger partial charge in [0.1, 0.15) is 5.82 Å². The van der Waals surface area contributed by atoms with Crippen molar-refractivity contribution in [3.8, 4) is 0 Å². The van der Waals surface area contributed by atoms with E-state index in [0.29, 0.717) is 43.5 Å². The average Bonchev–Trinajstić information content (AvgIpc) is 2.90. The second-order valence-corrected chi connectivity index (χ2v) is 11.2. The number of halogens is 2. The summed E-state index contributed by atoms with van der Waals surface area (Å²) in [6.45, 7) is 12.3. The first-order valence-corrected chi connectivity index (χ1v) is 14.1. The molecule has 0 saturated carbocycles. The van der Waals surface area contributed by atoms with E-state index in [1.54, 1.807) is 6.92 Å². The largest absolute Gasteiger partial charge is 0.343 e. The molecule has 38 heavy (non-hydrogen) atoms. The van der Waals surface area contributed by atoms with Crippen molar-refractivity contribution in [3.63, 3.8) is 0 Å². The van der Waals surface area contributed by atoms with E-state index < -0.39 is 0 Å². The van der Waals surface area contributed by atoms with Crippen molar-refractivity contribution in [2.24, 2.45) is 5.92 Å². The Labute approximate surface area is 231 Å². The molecule has 4 rings (SSSR count). The maximum Gasteiger partial charge on any atom is 0.230 e. The van der Waals surface area contributed by atoms with Gasteiger partial charge >= 0.3 is 0 Å². The number of rotatable bonds is 8. The fourth-order valence-corrected chi connectivity index (χ4v) is 5.78. The van der Waals surface area contributed by atoms with Crippen molar-refractivity contribution in [2.75, 3.05) is 50.7 Å². The summed E-state index contributed by atoms with van der Waals surface area (Å²) >= 11 is 6.44. The Morgan fingerprint density at radius 3 is 2.39 bits per heavy atom. The minimum Gasteiger partial charge on any atom is -0.343 e. The molecule has 0 unspecified atom stereocenters. The molecule has 2 aromatic rings. The van der Waals surface area contributed by atoms with Gasteiger partial charge in [-0.1, -0.05) is 29.8 Å². The van der Waals surface area contributed by atoms with Crippen molar-refractivity contribution in [3.05, 3.63) is 64.4 Å². The van der Waals surface area contributed by atoms with Gasteiger partial charge in [-0.15, -0.1) is 0 Å². The molecule has 2 aliphatic heterocycles. The molecule has 0 spiro atoms. The average molecular weight is 543 g/mol. The number of anilines is 1. The van der Waals surface area contributed by atoms with Gasteiger partial charge in [0.2, 0.25) is 11.8 Å². The molecule has 0 bridgehead atoms. The second-order valence-electron chi connectivity index (χ2n) is 10.8. The van der Waals surface area contributed by atoms with Crippen molar-refractivity contribution < 1.29 is 14.0 Å². The lowest BCUT2D eigenvalue weighted by atomic mass is 9.94. The Morgan fingerprint density at radius 2 is 1.76 bits per heavy atom. The topological polar surface area (TPSA) is 47.1 Å². The summed E-state index contributed by atoms with van der Waals surface area (Å²) in [5, 5.41) is 0.664. The molecule has 0 radical (unpaired) electrons. The lowest BCUT2D eigenvalue weighted by Gasteiger charge is -2.40. The van der Waals surface area contributed by atoms with E-state index in [4.69, 9.17) is 11.6 Å². The third-order valence-electron chi connectivity index (χ3n) is 8.02. The molecular formula is C30H40ClFN4O2. The fraction of sp³-hybridized carbons (Fsp3) is 0.533. The normalized spacial score (nSPS) is 19.5. The number of likely N-dealkylation sites (tertiary alicyclic amines) is 1. The van der Waals surface area contributed by atoms with Crippen LogP contribution in [0.4, 0.5) is 10.1 Å². The number of hydrogen-bond donors (Lipinski definition) is 0. The van der Waals surface area contributed by atoms with E-state index in [9.17, 15) is 14.0 Å². The van der Waals surface area contributed by atoms with Crippen molar-refractivity contribution in [2.45, 2.75) is 52.6 Å². The van der Waals surface area contributed by atoms with Gasteiger partial charge in [-0.25, -0.2) is 4.39 Å². The minimum atomic E-state index is -0.200. The highest BCUT2D eigenvalue weighted by Crippen LogP contribution is 2.28. The number of piperidine rings is 1. The highest BCUT2D eigenvalue weighted by atomic mass is 35.5. The summed E-state index contributed by atoms with van der Waals surface area (Å²) in [5.41, 5.74) is 2.97. The van der Waals surface area contributed by atoms with E-state index in [2.05, 4.69) is 16.7 Å². The number of benzene rings is 2. The van der Waals surface area contributed by atoms with Gasteiger partial charge in [0, 0.05) is 82.0 Å². The number of nitrogens with zero attached hydrogens (tertiary/aromatic N) is 4. The lowest BCUT2D eigenvalue weighted by Crippen LogP contribution is -2.52. The van der Waals surface area contributed by atoms with Gasteiger partial charge in [0.15, 0.2) is 0 Å². The second kappa shape index (κ2) is 13.0. The zero-order valence-corrected chi connectivity index (χ0v) is 23.6. The van der Waals surface area contributed by atoms with E-state index in [0.717, 1.165) is 56.0 Å². The SMILES string of the molecule is CC(=O)N1CCC(C(=O)N(CCCN2CCN(Cc3ccc(F)cc3)C[C@H]2C)c2ccc(C)c(Cl)c2)CC1. The number of piperazine rings is 1. The Morgan fingerprint density at radius 1 is 1.05 bits per heavy atom. The predicted octanol–water partition coefficient (Wildman–Crippen LogP) is 4.98. The van der Waals surface area contributed by atoms with Crippen LogP contribution in [0.15, 0.2) is 42.5 Å². The van der Waals surface area contributed by atoms with Crippen LogP contribution in [0.2, 0.25) is 5.02 Å². The Bertz CT molecular complexity index is 1100. The first-order valence-electron chi connectivity index (χ1n) is 13.7. The van der Waals surface area contributed by atoms with Crippen LogP contribution in [0.3, 0.4) is 0 Å². The number of aryl methyl sites for hydroxylation is 1. The first kappa shape index (κ1) is 28.5. The molecule has 0 N–H and O–H groups in total. The fourth-order valence-electron chi connectivity index (χ4n) is 5.60. The van der Waals surface area contributed by atoms with Gasteiger partial charge in [0.05, 0.1) is 0 Å². The summed E-state index contributed by atoms with van der Waals surface area (Å²) in [7, 11) is 0. The molecular weight excluding hydrogens is 503 g/mol. The summed E-state index contributed by atoms with van der Waals surface area (Å²) in [5.74, 6) is -0.0799. The molecule has 0 aliphatic carbocycles. The lowest BCUT2D eigenvalue weighted by molar-refractivity contribution is -0.133. The minimum absolute atomic E-state index is 0.0740. The van der Waals surface area contributed by atoms with E-state index in [-0.39, 0.29) is 23.5 Å². The van der Waals surface area contributed by atoms with Crippen LogP contribution in [0.1, 0.15) is 44.2 Å². The Balaban J connectivity index is 1.34. The summed E-state index contributed by atoms with van der Waals surface area (Å²) in [6.07, 6.45) is 2.26. The summed E-state index contributed by atoms with van der Waals surface area (Å²) < 4.78 is 13.2. The molecule has 2 amide bonds. The molecule has 2 saturated heterocycles. The number of hydrogen-bond acceptors (Lipinski definition) is 4. The van der Waals surface area contributed by atoms with Crippen molar-refractivity contribution >= 4 is 29.1 Å². The van der Waals surface area contributed by atoms with Crippen LogP contribution in [-0.4, -0.2) is 78.4 Å². The van der Waals surface area contributed by atoms with Crippen molar-refractivity contribution in [1.82, 2.24) is 14.7 Å². The number of carbonyl (C=O) groups excluding carboxylic acids is 2. The molecule has 2 heterocycles. The Kier molecular flexibility index (Phi) is 9.80. The van der Waals surface area contributed by atoms with Crippen LogP contribution >= 0.6 is 11.6 Å². The molecule has 1 atom stereocenters.